The SMILES string of the molecule is C=C[C@H](CN=[N+]=[N-])NC(=O)OC(C)(C)C. The highest BCUT2D eigenvalue weighted by atomic mass is 16.6. The Morgan fingerprint density at radius 3 is 2.73 bits per heavy atom. The third-order valence-electron chi connectivity index (χ3n) is 1.33. The summed E-state index contributed by atoms with van der Waals surface area (Å²) >= 11 is 0. The van der Waals surface area contributed by atoms with Crippen molar-refractivity contribution in [3.05, 3.63) is 23.1 Å². The van der Waals surface area contributed by atoms with Gasteiger partial charge in [0.05, 0.1) is 6.04 Å². The Bertz CT molecular complexity index is 276. The minimum absolute atomic E-state index is 0.124. The number of azide groups is 1. The first kappa shape index (κ1) is 13.3. The van der Waals surface area contributed by atoms with Gasteiger partial charge in [0, 0.05) is 11.5 Å². The highest BCUT2D eigenvalue weighted by molar-refractivity contribution is 5.68. The van der Waals surface area contributed by atoms with E-state index in [4.69, 9.17) is 10.3 Å². The lowest BCUT2D eigenvalue weighted by Gasteiger charge is -2.21. The number of nitrogens with zero attached hydrogens (tertiary/aromatic N) is 3. The van der Waals surface area contributed by atoms with E-state index in [1.807, 2.05) is 0 Å². The molecule has 6 heteroatoms. The molecule has 1 atom stereocenters. The van der Waals surface area contributed by atoms with Gasteiger partial charge >= 0.3 is 6.09 Å². The van der Waals surface area contributed by atoms with Gasteiger partial charge in [0.2, 0.25) is 0 Å². The standard InChI is InChI=1S/C9H16N4O2/c1-5-7(6-11-13-10)12-8(14)15-9(2,3)4/h5,7H,1,6H2,2-4H3,(H,12,14)/t7-/m1/s1. The van der Waals surface area contributed by atoms with Crippen molar-refractivity contribution in [2.75, 3.05) is 6.54 Å². The van der Waals surface area contributed by atoms with Gasteiger partial charge in [-0.15, -0.1) is 6.58 Å². The molecule has 0 spiro atoms. The number of carbonyl (C=O) groups excluding carboxylic acids is 1. The minimum Gasteiger partial charge on any atom is -0.444 e. The van der Waals surface area contributed by atoms with Crippen molar-refractivity contribution >= 4 is 6.09 Å². The van der Waals surface area contributed by atoms with Crippen molar-refractivity contribution < 1.29 is 9.53 Å². The van der Waals surface area contributed by atoms with Crippen molar-refractivity contribution in [2.45, 2.75) is 32.4 Å². The lowest BCUT2D eigenvalue weighted by molar-refractivity contribution is 0.0516. The van der Waals surface area contributed by atoms with Crippen molar-refractivity contribution in [1.82, 2.24) is 5.32 Å². The van der Waals surface area contributed by atoms with Crippen LogP contribution in [0.15, 0.2) is 17.8 Å². The zero-order valence-electron chi connectivity index (χ0n) is 9.23. The highest BCUT2D eigenvalue weighted by Crippen LogP contribution is 2.06. The Morgan fingerprint density at radius 1 is 1.73 bits per heavy atom. The van der Waals surface area contributed by atoms with E-state index in [-0.39, 0.29) is 6.54 Å². The summed E-state index contributed by atoms with van der Waals surface area (Å²) < 4.78 is 5.02. The van der Waals surface area contributed by atoms with Gasteiger partial charge in [0.15, 0.2) is 0 Å². The van der Waals surface area contributed by atoms with E-state index < -0.39 is 17.7 Å². The zero-order valence-corrected chi connectivity index (χ0v) is 9.23. The molecule has 6 nitrogen and oxygen atoms in total. The largest absolute Gasteiger partial charge is 0.444 e. The Kier molecular flexibility index (Phi) is 5.26. The van der Waals surface area contributed by atoms with Crippen LogP contribution in [0.2, 0.25) is 0 Å². The predicted octanol–water partition coefficient (Wildman–Crippen LogP) is 2.38. The Hall–Kier alpha value is -1.68. The summed E-state index contributed by atoms with van der Waals surface area (Å²) in [4.78, 5) is 13.9. The number of alkyl carbamates (subject to hydrolysis) is 1. The first-order chi connectivity index (χ1) is 6.89. The molecule has 0 unspecified atom stereocenters. The molecule has 1 amide bonds. The molecule has 0 aliphatic heterocycles. The van der Waals surface area contributed by atoms with Crippen LogP contribution >= 0.6 is 0 Å². The third-order valence-corrected chi connectivity index (χ3v) is 1.33. The smallest absolute Gasteiger partial charge is 0.408 e. The second-order valence-electron chi connectivity index (χ2n) is 3.90. The minimum atomic E-state index is -0.555. The number of hydrogen-bond donors (Lipinski definition) is 1. The van der Waals surface area contributed by atoms with E-state index >= 15 is 0 Å². The molecule has 0 radical (unpaired) electrons. The van der Waals surface area contributed by atoms with Gasteiger partial charge in [-0.3, -0.25) is 0 Å². The summed E-state index contributed by atoms with van der Waals surface area (Å²) in [6.07, 6.45) is 0.930. The van der Waals surface area contributed by atoms with Crippen LogP contribution in [0.5, 0.6) is 0 Å². The molecule has 0 heterocycles. The summed E-state index contributed by atoms with van der Waals surface area (Å²) in [5.74, 6) is 0. The summed E-state index contributed by atoms with van der Waals surface area (Å²) in [6, 6.07) is -0.407. The van der Waals surface area contributed by atoms with E-state index in [0.717, 1.165) is 0 Å². The number of nitrogens with one attached hydrogen (secondary N) is 1. The van der Waals surface area contributed by atoms with E-state index in [0.29, 0.717) is 0 Å². The highest BCUT2D eigenvalue weighted by Gasteiger charge is 2.17. The molecule has 0 aromatic carbocycles. The number of amides is 1. The second kappa shape index (κ2) is 5.93. The molecule has 1 N–H and O–H groups in total. The monoisotopic (exact) mass is 212 g/mol. The fourth-order valence-corrected chi connectivity index (χ4v) is 0.763. The van der Waals surface area contributed by atoms with Crippen molar-refractivity contribution in [2.24, 2.45) is 5.11 Å². The molecule has 0 aromatic heterocycles. The molecule has 0 aliphatic carbocycles. The summed E-state index contributed by atoms with van der Waals surface area (Å²) in [5.41, 5.74) is 7.56. The molecule has 84 valence electrons. The maximum Gasteiger partial charge on any atom is 0.408 e. The van der Waals surface area contributed by atoms with Crippen LogP contribution in [0.4, 0.5) is 4.79 Å². The van der Waals surface area contributed by atoms with Gasteiger partial charge in [-0.1, -0.05) is 11.2 Å². The lowest BCUT2D eigenvalue weighted by atomic mass is 10.2. The van der Waals surface area contributed by atoms with Crippen LogP contribution in [-0.4, -0.2) is 24.3 Å². The Balaban J connectivity index is 4.12. The maximum atomic E-state index is 11.3. The van der Waals surface area contributed by atoms with Gasteiger partial charge < -0.3 is 10.1 Å². The average molecular weight is 212 g/mol. The molecule has 0 aliphatic rings. The van der Waals surface area contributed by atoms with E-state index in [1.165, 1.54) is 6.08 Å². The van der Waals surface area contributed by atoms with Crippen LogP contribution in [-0.2, 0) is 4.74 Å². The van der Waals surface area contributed by atoms with Crippen molar-refractivity contribution in [1.29, 1.82) is 0 Å². The van der Waals surface area contributed by atoms with Gasteiger partial charge in [0.25, 0.3) is 0 Å². The first-order valence-electron chi connectivity index (χ1n) is 4.52. The summed E-state index contributed by atoms with van der Waals surface area (Å²) in [6.45, 7) is 8.93. The summed E-state index contributed by atoms with van der Waals surface area (Å²) in [5, 5.41) is 5.85. The molecule has 0 bridgehead atoms. The van der Waals surface area contributed by atoms with E-state index in [2.05, 4.69) is 21.9 Å². The van der Waals surface area contributed by atoms with Crippen LogP contribution in [0.1, 0.15) is 20.8 Å². The maximum absolute atomic E-state index is 11.3. The molecular weight excluding hydrogens is 196 g/mol. The Morgan fingerprint density at radius 2 is 2.33 bits per heavy atom. The molecule has 0 rings (SSSR count). The predicted molar refractivity (Wildman–Crippen MR) is 57.4 cm³/mol. The average Bonchev–Trinajstić information content (AvgIpc) is 2.09. The third kappa shape index (κ3) is 7.40. The summed E-state index contributed by atoms with van der Waals surface area (Å²) in [7, 11) is 0. The van der Waals surface area contributed by atoms with Crippen LogP contribution in [0, 0.1) is 0 Å². The normalized spacial score (nSPS) is 12.2. The van der Waals surface area contributed by atoms with Gasteiger partial charge in [-0.2, -0.15) is 0 Å². The molecule has 0 saturated carbocycles. The number of hydrogen-bond acceptors (Lipinski definition) is 3. The van der Waals surface area contributed by atoms with Crippen molar-refractivity contribution in [3.8, 4) is 0 Å². The van der Waals surface area contributed by atoms with Crippen LogP contribution in [0.3, 0.4) is 0 Å². The second-order valence-corrected chi connectivity index (χ2v) is 3.90. The van der Waals surface area contributed by atoms with Gasteiger partial charge in [-0.05, 0) is 26.3 Å². The first-order valence-corrected chi connectivity index (χ1v) is 4.52. The molecule has 0 aromatic rings. The van der Waals surface area contributed by atoms with Gasteiger partial charge in [-0.25, -0.2) is 4.79 Å². The molecule has 0 fully saturated rings. The van der Waals surface area contributed by atoms with Crippen LogP contribution in [0.25, 0.3) is 10.4 Å². The fraction of sp³-hybridized carbons (Fsp3) is 0.667. The number of rotatable bonds is 4. The van der Waals surface area contributed by atoms with E-state index in [1.54, 1.807) is 20.8 Å². The molecule has 15 heavy (non-hydrogen) atoms. The number of carbonyl (C=O) groups is 1. The van der Waals surface area contributed by atoms with Gasteiger partial charge in [0.1, 0.15) is 5.60 Å². The van der Waals surface area contributed by atoms with Crippen molar-refractivity contribution in [3.63, 3.8) is 0 Å². The van der Waals surface area contributed by atoms with E-state index in [9.17, 15) is 4.79 Å². The molecular formula is C9H16N4O2. The zero-order chi connectivity index (χ0) is 11.9. The number of ether oxygens (including phenoxy) is 1. The topological polar surface area (TPSA) is 87.1 Å². The van der Waals surface area contributed by atoms with Crippen LogP contribution < -0.4 is 5.32 Å². The quantitative estimate of drug-likeness (QED) is 0.335. The lowest BCUT2D eigenvalue weighted by Crippen LogP contribution is -2.39. The fourth-order valence-electron chi connectivity index (χ4n) is 0.763. The Labute approximate surface area is 88.9 Å². The molecule has 0 saturated heterocycles.